The van der Waals surface area contributed by atoms with Crippen molar-refractivity contribution in [2.24, 2.45) is 5.92 Å². The van der Waals surface area contributed by atoms with E-state index in [2.05, 4.69) is 35.2 Å². The van der Waals surface area contributed by atoms with Crippen molar-refractivity contribution < 1.29 is 14.6 Å². The molecule has 166 valence electrons. The van der Waals surface area contributed by atoms with Crippen LogP contribution in [0, 0.1) is 5.92 Å². The zero-order valence-corrected chi connectivity index (χ0v) is 18.3. The Balaban J connectivity index is 1.32. The van der Waals surface area contributed by atoms with Crippen LogP contribution >= 0.6 is 0 Å². The maximum Gasteiger partial charge on any atom is 0.236 e. The minimum atomic E-state index is 0.176. The smallest absolute Gasteiger partial charge is 0.236 e. The van der Waals surface area contributed by atoms with Gasteiger partial charge in [-0.1, -0.05) is 48.5 Å². The number of para-hydroxylation sites is 1. The lowest BCUT2D eigenvalue weighted by Crippen LogP contribution is -2.45. The molecule has 4 rings (SSSR count). The molecule has 2 aromatic rings. The number of rotatable bonds is 8. The van der Waals surface area contributed by atoms with Crippen LogP contribution < -0.4 is 0 Å². The molecule has 2 aliphatic rings. The predicted molar refractivity (Wildman–Crippen MR) is 122 cm³/mol. The number of carbonyl (C=O) groups excluding carboxylic acids is 1. The average Bonchev–Trinajstić information content (AvgIpc) is 3.29. The molecular weight excluding hydrogens is 388 g/mol. The van der Waals surface area contributed by atoms with Crippen LogP contribution in [0.15, 0.2) is 54.6 Å². The van der Waals surface area contributed by atoms with Crippen molar-refractivity contribution in [3.05, 3.63) is 65.7 Å². The molecule has 1 amide bonds. The SMILES string of the molecule is O=C(CN(Cc1ccccc1O)CC1CCCO1)N1CCC(Cc2ccccc2)CC1. The summed E-state index contributed by atoms with van der Waals surface area (Å²) in [5.74, 6) is 1.12. The van der Waals surface area contributed by atoms with Gasteiger partial charge in [0.1, 0.15) is 5.75 Å². The summed E-state index contributed by atoms with van der Waals surface area (Å²) in [6.45, 7) is 4.13. The van der Waals surface area contributed by atoms with E-state index >= 15 is 0 Å². The Morgan fingerprint density at radius 2 is 1.77 bits per heavy atom. The van der Waals surface area contributed by atoms with Crippen LogP contribution in [0.2, 0.25) is 0 Å². The number of likely N-dealkylation sites (tertiary alicyclic amines) is 1. The molecule has 0 spiro atoms. The lowest BCUT2D eigenvalue weighted by atomic mass is 9.90. The molecule has 31 heavy (non-hydrogen) atoms. The summed E-state index contributed by atoms with van der Waals surface area (Å²) in [6.07, 6.45) is 5.52. The summed E-state index contributed by atoms with van der Waals surface area (Å²) in [5.41, 5.74) is 2.24. The van der Waals surface area contributed by atoms with Crippen LogP contribution in [0.3, 0.4) is 0 Å². The molecular formula is C26H34N2O3. The van der Waals surface area contributed by atoms with E-state index in [4.69, 9.17) is 4.74 Å². The lowest BCUT2D eigenvalue weighted by Gasteiger charge is -2.34. The van der Waals surface area contributed by atoms with E-state index in [-0.39, 0.29) is 17.8 Å². The number of hydrogen-bond acceptors (Lipinski definition) is 4. The van der Waals surface area contributed by atoms with Crippen molar-refractivity contribution in [2.45, 2.75) is 44.8 Å². The molecule has 0 aliphatic carbocycles. The van der Waals surface area contributed by atoms with Crippen LogP contribution in [0.25, 0.3) is 0 Å². The average molecular weight is 423 g/mol. The number of phenols is 1. The van der Waals surface area contributed by atoms with E-state index in [1.807, 2.05) is 23.1 Å². The predicted octanol–water partition coefficient (Wildman–Crippen LogP) is 3.85. The molecule has 0 saturated carbocycles. The van der Waals surface area contributed by atoms with Gasteiger partial charge < -0.3 is 14.7 Å². The van der Waals surface area contributed by atoms with Crippen molar-refractivity contribution in [3.8, 4) is 5.75 Å². The Hall–Kier alpha value is -2.37. The number of ether oxygens (including phenoxy) is 1. The Kier molecular flexibility index (Phi) is 7.60. The van der Waals surface area contributed by atoms with Gasteiger partial charge in [-0.05, 0) is 49.7 Å². The van der Waals surface area contributed by atoms with Gasteiger partial charge in [0.25, 0.3) is 0 Å². The zero-order chi connectivity index (χ0) is 21.5. The highest BCUT2D eigenvalue weighted by Gasteiger charge is 2.26. The van der Waals surface area contributed by atoms with Crippen molar-refractivity contribution >= 4 is 5.91 Å². The quantitative estimate of drug-likeness (QED) is 0.702. The molecule has 2 fully saturated rings. The number of amides is 1. The number of phenolic OH excluding ortho intramolecular Hbond substituents is 1. The molecule has 5 heteroatoms. The van der Waals surface area contributed by atoms with Crippen molar-refractivity contribution in [3.63, 3.8) is 0 Å². The Bertz CT molecular complexity index is 828. The first-order valence-electron chi connectivity index (χ1n) is 11.6. The van der Waals surface area contributed by atoms with Gasteiger partial charge in [-0.2, -0.15) is 0 Å². The Morgan fingerprint density at radius 3 is 2.48 bits per heavy atom. The zero-order valence-electron chi connectivity index (χ0n) is 18.3. The first kappa shape index (κ1) is 21.8. The van der Waals surface area contributed by atoms with Gasteiger partial charge in [0, 0.05) is 38.3 Å². The van der Waals surface area contributed by atoms with E-state index in [9.17, 15) is 9.90 Å². The molecule has 1 atom stereocenters. The van der Waals surface area contributed by atoms with Gasteiger partial charge >= 0.3 is 0 Å². The summed E-state index contributed by atoms with van der Waals surface area (Å²) in [6, 6.07) is 18.0. The van der Waals surface area contributed by atoms with E-state index in [1.54, 1.807) is 6.07 Å². The second-order valence-electron chi connectivity index (χ2n) is 8.95. The van der Waals surface area contributed by atoms with Gasteiger partial charge in [0.2, 0.25) is 5.91 Å². The molecule has 0 bridgehead atoms. The Morgan fingerprint density at radius 1 is 1.03 bits per heavy atom. The van der Waals surface area contributed by atoms with Crippen LogP contribution in [0.4, 0.5) is 0 Å². The molecule has 5 nitrogen and oxygen atoms in total. The van der Waals surface area contributed by atoms with Crippen LogP contribution in [-0.4, -0.2) is 59.7 Å². The maximum atomic E-state index is 13.1. The monoisotopic (exact) mass is 422 g/mol. The third-order valence-electron chi connectivity index (χ3n) is 6.56. The van der Waals surface area contributed by atoms with Gasteiger partial charge in [0.05, 0.1) is 12.6 Å². The van der Waals surface area contributed by atoms with E-state index in [0.29, 0.717) is 19.0 Å². The molecule has 2 saturated heterocycles. The normalized spacial score (nSPS) is 19.8. The van der Waals surface area contributed by atoms with Crippen LogP contribution in [0.5, 0.6) is 5.75 Å². The number of nitrogens with zero attached hydrogens (tertiary/aromatic N) is 2. The van der Waals surface area contributed by atoms with Gasteiger partial charge in [-0.25, -0.2) is 0 Å². The van der Waals surface area contributed by atoms with Crippen LogP contribution in [-0.2, 0) is 22.5 Å². The minimum absolute atomic E-state index is 0.176. The summed E-state index contributed by atoms with van der Waals surface area (Å²) in [7, 11) is 0. The van der Waals surface area contributed by atoms with E-state index < -0.39 is 0 Å². The van der Waals surface area contributed by atoms with E-state index in [1.165, 1.54) is 5.56 Å². The largest absolute Gasteiger partial charge is 0.508 e. The molecule has 2 aliphatic heterocycles. The lowest BCUT2D eigenvalue weighted by molar-refractivity contribution is -0.134. The third-order valence-corrected chi connectivity index (χ3v) is 6.56. The highest BCUT2D eigenvalue weighted by Crippen LogP contribution is 2.23. The van der Waals surface area contributed by atoms with Gasteiger partial charge in [-0.3, -0.25) is 9.69 Å². The number of carbonyl (C=O) groups is 1. The number of aromatic hydroxyl groups is 1. The van der Waals surface area contributed by atoms with Crippen molar-refractivity contribution in [2.75, 3.05) is 32.8 Å². The maximum absolute atomic E-state index is 13.1. The molecule has 2 aromatic carbocycles. The minimum Gasteiger partial charge on any atom is -0.508 e. The van der Waals surface area contributed by atoms with Gasteiger partial charge in [0.15, 0.2) is 0 Å². The first-order chi connectivity index (χ1) is 15.2. The molecule has 1 unspecified atom stereocenters. The second-order valence-corrected chi connectivity index (χ2v) is 8.95. The summed E-state index contributed by atoms with van der Waals surface area (Å²) < 4.78 is 5.82. The second kappa shape index (κ2) is 10.8. The fourth-order valence-corrected chi connectivity index (χ4v) is 4.77. The summed E-state index contributed by atoms with van der Waals surface area (Å²) in [4.78, 5) is 17.3. The third kappa shape index (κ3) is 6.31. The number of benzene rings is 2. The molecule has 1 N–H and O–H groups in total. The van der Waals surface area contributed by atoms with Crippen molar-refractivity contribution in [1.29, 1.82) is 0 Å². The van der Waals surface area contributed by atoms with Crippen molar-refractivity contribution in [1.82, 2.24) is 9.80 Å². The topological polar surface area (TPSA) is 53.0 Å². The molecule has 0 radical (unpaired) electrons. The standard InChI is InChI=1S/C26H34N2O3/c29-25-11-5-4-9-23(25)18-27(19-24-10-6-16-31-24)20-26(30)28-14-12-22(13-15-28)17-21-7-2-1-3-8-21/h1-5,7-9,11,22,24,29H,6,10,12-20H2. The Labute approximate surface area is 185 Å². The highest BCUT2D eigenvalue weighted by atomic mass is 16.5. The summed E-state index contributed by atoms with van der Waals surface area (Å²) >= 11 is 0. The van der Waals surface area contributed by atoms with Crippen LogP contribution in [0.1, 0.15) is 36.8 Å². The van der Waals surface area contributed by atoms with E-state index in [0.717, 1.165) is 63.9 Å². The molecule has 0 aromatic heterocycles. The molecule has 2 heterocycles. The number of hydrogen-bond donors (Lipinski definition) is 1. The first-order valence-corrected chi connectivity index (χ1v) is 11.6. The fraction of sp³-hybridized carbons (Fsp3) is 0.500. The number of piperidine rings is 1. The fourth-order valence-electron chi connectivity index (χ4n) is 4.77. The highest BCUT2D eigenvalue weighted by molar-refractivity contribution is 5.78. The summed E-state index contributed by atoms with van der Waals surface area (Å²) in [5, 5.41) is 10.2. The van der Waals surface area contributed by atoms with Gasteiger partial charge in [-0.15, -0.1) is 0 Å².